The molecular weight excluding hydrogens is 357 g/mol. The Bertz CT molecular complexity index is 463. The van der Waals surface area contributed by atoms with Crippen molar-refractivity contribution in [1.29, 1.82) is 0 Å². The van der Waals surface area contributed by atoms with Gasteiger partial charge in [0.15, 0.2) is 13.1 Å². The van der Waals surface area contributed by atoms with Crippen molar-refractivity contribution in [3.8, 4) is 0 Å². The lowest BCUT2D eigenvalue weighted by Crippen LogP contribution is -3.11. The molecule has 1 aromatic rings. The molecular formula is C13H19IN3O2+. The molecule has 0 aliphatic rings. The van der Waals surface area contributed by atoms with Gasteiger partial charge in [0, 0.05) is 23.4 Å². The van der Waals surface area contributed by atoms with Gasteiger partial charge in [-0.2, -0.15) is 0 Å². The number of quaternary nitrogens is 1. The number of anilines is 1. The molecule has 2 amide bonds. The lowest BCUT2D eigenvalue weighted by Gasteiger charge is -2.16. The Morgan fingerprint density at radius 1 is 1.32 bits per heavy atom. The SMILES string of the molecule is CN(C)C(=O)C[NH+](C)CC(=O)Nc1cccc(I)c1. The largest absolute Gasteiger partial charge is 0.344 e. The summed E-state index contributed by atoms with van der Waals surface area (Å²) in [5.41, 5.74) is 0.781. The summed E-state index contributed by atoms with van der Waals surface area (Å²) >= 11 is 2.19. The highest BCUT2D eigenvalue weighted by molar-refractivity contribution is 14.1. The summed E-state index contributed by atoms with van der Waals surface area (Å²) in [6, 6.07) is 7.60. The van der Waals surface area contributed by atoms with Crippen molar-refractivity contribution >= 4 is 40.1 Å². The molecule has 5 nitrogen and oxygen atoms in total. The first-order valence-electron chi connectivity index (χ1n) is 5.95. The maximum absolute atomic E-state index is 11.8. The molecule has 1 aromatic carbocycles. The minimum atomic E-state index is -0.0916. The van der Waals surface area contributed by atoms with E-state index >= 15 is 0 Å². The topological polar surface area (TPSA) is 53.9 Å². The minimum absolute atomic E-state index is 0.0135. The lowest BCUT2D eigenvalue weighted by atomic mass is 10.3. The van der Waals surface area contributed by atoms with E-state index in [2.05, 4.69) is 27.9 Å². The van der Waals surface area contributed by atoms with Gasteiger partial charge in [0.1, 0.15) is 0 Å². The fraction of sp³-hybridized carbons (Fsp3) is 0.385. The number of benzene rings is 1. The average Bonchev–Trinajstić information content (AvgIpc) is 2.27. The van der Waals surface area contributed by atoms with Crippen LogP contribution in [0.15, 0.2) is 24.3 Å². The average molecular weight is 376 g/mol. The van der Waals surface area contributed by atoms with Gasteiger partial charge in [-0.05, 0) is 40.8 Å². The van der Waals surface area contributed by atoms with E-state index in [0.29, 0.717) is 6.54 Å². The fourth-order valence-electron chi connectivity index (χ4n) is 1.52. The zero-order chi connectivity index (χ0) is 14.4. The molecule has 6 heteroatoms. The first-order valence-corrected chi connectivity index (χ1v) is 7.03. The lowest BCUT2D eigenvalue weighted by molar-refractivity contribution is -0.862. The van der Waals surface area contributed by atoms with Gasteiger partial charge >= 0.3 is 0 Å². The first-order chi connectivity index (χ1) is 8.88. The van der Waals surface area contributed by atoms with Crippen molar-refractivity contribution in [3.63, 3.8) is 0 Å². The Morgan fingerprint density at radius 2 is 2.00 bits per heavy atom. The van der Waals surface area contributed by atoms with Crippen molar-refractivity contribution in [2.45, 2.75) is 0 Å². The molecule has 0 heterocycles. The molecule has 1 atom stereocenters. The van der Waals surface area contributed by atoms with Crippen molar-refractivity contribution in [3.05, 3.63) is 27.8 Å². The van der Waals surface area contributed by atoms with Gasteiger partial charge in [0.05, 0.1) is 7.05 Å². The number of hydrogen-bond donors (Lipinski definition) is 2. The number of likely N-dealkylation sites (N-methyl/N-ethyl adjacent to an activating group) is 2. The quantitative estimate of drug-likeness (QED) is 0.702. The Kier molecular flexibility index (Phi) is 6.23. The highest BCUT2D eigenvalue weighted by atomic mass is 127. The van der Waals surface area contributed by atoms with Gasteiger partial charge < -0.3 is 15.1 Å². The van der Waals surface area contributed by atoms with Crippen LogP contribution in [0.2, 0.25) is 0 Å². The molecule has 19 heavy (non-hydrogen) atoms. The second kappa shape index (κ2) is 7.44. The van der Waals surface area contributed by atoms with Crippen LogP contribution in [-0.4, -0.2) is 50.9 Å². The van der Waals surface area contributed by atoms with Gasteiger partial charge in [-0.3, -0.25) is 9.59 Å². The highest BCUT2D eigenvalue weighted by Gasteiger charge is 2.15. The third kappa shape index (κ3) is 6.02. The van der Waals surface area contributed by atoms with E-state index in [1.54, 1.807) is 14.1 Å². The second-order valence-corrected chi connectivity index (χ2v) is 5.90. The van der Waals surface area contributed by atoms with Crippen LogP contribution in [0.1, 0.15) is 0 Å². The van der Waals surface area contributed by atoms with E-state index in [1.807, 2.05) is 31.3 Å². The van der Waals surface area contributed by atoms with Crippen molar-refractivity contribution < 1.29 is 14.5 Å². The summed E-state index contributed by atoms with van der Waals surface area (Å²) < 4.78 is 1.07. The number of nitrogens with zero attached hydrogens (tertiary/aromatic N) is 1. The third-order valence-electron chi connectivity index (χ3n) is 2.52. The van der Waals surface area contributed by atoms with Crippen LogP contribution in [0.25, 0.3) is 0 Å². The van der Waals surface area contributed by atoms with E-state index < -0.39 is 0 Å². The number of carbonyl (C=O) groups excluding carboxylic acids is 2. The monoisotopic (exact) mass is 376 g/mol. The fourth-order valence-corrected chi connectivity index (χ4v) is 2.07. The van der Waals surface area contributed by atoms with Crippen LogP contribution in [-0.2, 0) is 9.59 Å². The summed E-state index contributed by atoms with van der Waals surface area (Å²) in [4.78, 5) is 25.7. The van der Waals surface area contributed by atoms with Crippen LogP contribution >= 0.6 is 22.6 Å². The van der Waals surface area contributed by atoms with Crippen molar-refractivity contribution in [2.75, 3.05) is 39.5 Å². The Labute approximate surface area is 127 Å². The molecule has 0 aliphatic heterocycles. The van der Waals surface area contributed by atoms with Gasteiger partial charge in [-0.15, -0.1) is 0 Å². The molecule has 0 saturated carbocycles. The van der Waals surface area contributed by atoms with Gasteiger partial charge in [0.25, 0.3) is 11.8 Å². The minimum Gasteiger partial charge on any atom is -0.344 e. The summed E-state index contributed by atoms with van der Waals surface area (Å²) in [5.74, 6) is -0.0781. The molecule has 0 fully saturated rings. The number of nitrogens with one attached hydrogen (secondary N) is 2. The summed E-state index contributed by atoms with van der Waals surface area (Å²) in [6.45, 7) is 0.581. The van der Waals surface area contributed by atoms with E-state index in [0.717, 1.165) is 14.2 Å². The van der Waals surface area contributed by atoms with E-state index in [-0.39, 0.29) is 18.4 Å². The second-order valence-electron chi connectivity index (χ2n) is 4.66. The molecule has 0 spiro atoms. The molecule has 104 valence electrons. The number of amides is 2. The zero-order valence-corrected chi connectivity index (χ0v) is 13.5. The van der Waals surface area contributed by atoms with Crippen LogP contribution in [0.5, 0.6) is 0 Å². The van der Waals surface area contributed by atoms with Gasteiger partial charge in [-0.1, -0.05) is 6.07 Å². The predicted octanol–water partition coefficient (Wildman–Crippen LogP) is -0.167. The molecule has 1 rings (SSSR count). The smallest absolute Gasteiger partial charge is 0.279 e. The van der Waals surface area contributed by atoms with Crippen molar-refractivity contribution in [1.82, 2.24) is 4.90 Å². The molecule has 0 aromatic heterocycles. The van der Waals surface area contributed by atoms with Crippen LogP contribution in [0.3, 0.4) is 0 Å². The maximum atomic E-state index is 11.8. The third-order valence-corrected chi connectivity index (χ3v) is 3.19. The first kappa shape index (κ1) is 15.9. The Morgan fingerprint density at radius 3 is 2.58 bits per heavy atom. The van der Waals surface area contributed by atoms with Crippen LogP contribution < -0.4 is 10.2 Å². The Balaban J connectivity index is 2.45. The van der Waals surface area contributed by atoms with E-state index in [9.17, 15) is 9.59 Å². The number of hydrogen-bond acceptors (Lipinski definition) is 2. The molecule has 0 radical (unpaired) electrons. The summed E-state index contributed by atoms with van der Waals surface area (Å²) in [7, 11) is 5.25. The van der Waals surface area contributed by atoms with Crippen LogP contribution in [0.4, 0.5) is 5.69 Å². The van der Waals surface area contributed by atoms with Gasteiger partial charge in [-0.25, -0.2) is 0 Å². The molecule has 1 unspecified atom stereocenters. The standard InChI is InChI=1S/C13H18IN3O2/c1-16(2)13(19)9-17(3)8-12(18)15-11-6-4-5-10(14)7-11/h4-7H,8-9H2,1-3H3,(H,15,18)/p+1. The Hall–Kier alpha value is -1.15. The number of halogens is 1. The van der Waals surface area contributed by atoms with Gasteiger partial charge in [0.2, 0.25) is 0 Å². The molecule has 2 N–H and O–H groups in total. The molecule has 0 bridgehead atoms. The van der Waals surface area contributed by atoms with Crippen molar-refractivity contribution in [2.24, 2.45) is 0 Å². The number of rotatable bonds is 5. The maximum Gasteiger partial charge on any atom is 0.279 e. The molecule has 0 aliphatic carbocycles. The zero-order valence-electron chi connectivity index (χ0n) is 11.4. The van der Waals surface area contributed by atoms with Crippen LogP contribution in [0, 0.1) is 3.57 Å². The summed E-state index contributed by atoms with van der Waals surface area (Å²) in [6.07, 6.45) is 0. The highest BCUT2D eigenvalue weighted by Crippen LogP contribution is 2.11. The number of carbonyl (C=O) groups is 2. The molecule has 0 saturated heterocycles. The van der Waals surface area contributed by atoms with E-state index in [1.165, 1.54) is 4.90 Å². The normalized spacial score (nSPS) is 11.8. The van der Waals surface area contributed by atoms with E-state index in [4.69, 9.17) is 0 Å². The summed E-state index contributed by atoms with van der Waals surface area (Å²) in [5, 5.41) is 2.83. The predicted molar refractivity (Wildman–Crippen MR) is 83.1 cm³/mol.